The van der Waals surface area contributed by atoms with Gasteiger partial charge in [-0.15, -0.1) is 23.4 Å². The topological polar surface area (TPSA) is 49.4 Å². The standard InChI is InChI=1S/C20H19ClF2N2O2S/c1-20(2,11-21)19(27)24-14-5-3-4-12(8-14)18-25(17(26)10-28-18)16-7-6-13(22)9-15(16)23/h3-9,18H,10-11H2,1-2H3,(H,24,27)/t18-/m1/s1. The highest BCUT2D eigenvalue weighted by Gasteiger charge is 2.36. The molecule has 2 aromatic rings. The first kappa shape index (κ1) is 20.6. The van der Waals surface area contributed by atoms with E-state index < -0.39 is 22.4 Å². The fourth-order valence-corrected chi connectivity index (χ4v) is 4.02. The first-order valence-electron chi connectivity index (χ1n) is 8.59. The van der Waals surface area contributed by atoms with Gasteiger partial charge in [0, 0.05) is 17.6 Å². The monoisotopic (exact) mass is 424 g/mol. The molecule has 1 aliphatic heterocycles. The van der Waals surface area contributed by atoms with E-state index in [2.05, 4.69) is 5.32 Å². The minimum atomic E-state index is -0.797. The number of nitrogens with one attached hydrogen (secondary N) is 1. The summed E-state index contributed by atoms with van der Waals surface area (Å²) in [7, 11) is 0. The van der Waals surface area contributed by atoms with Crippen molar-refractivity contribution in [2.75, 3.05) is 21.8 Å². The lowest BCUT2D eigenvalue weighted by atomic mass is 9.95. The molecule has 1 fully saturated rings. The minimum Gasteiger partial charge on any atom is -0.326 e. The first-order chi connectivity index (χ1) is 13.2. The van der Waals surface area contributed by atoms with Crippen LogP contribution in [-0.2, 0) is 9.59 Å². The van der Waals surface area contributed by atoms with Crippen LogP contribution in [0.4, 0.5) is 20.2 Å². The van der Waals surface area contributed by atoms with Crippen molar-refractivity contribution in [3.05, 3.63) is 59.7 Å². The Labute approximate surface area is 171 Å². The number of carbonyl (C=O) groups excluding carboxylic acids is 2. The molecule has 1 atom stereocenters. The number of anilines is 2. The van der Waals surface area contributed by atoms with Crippen molar-refractivity contribution in [2.24, 2.45) is 5.41 Å². The molecular weight excluding hydrogens is 406 g/mol. The van der Waals surface area contributed by atoms with Crippen molar-refractivity contribution in [1.29, 1.82) is 0 Å². The molecule has 0 aromatic heterocycles. The third-order valence-electron chi connectivity index (χ3n) is 4.42. The van der Waals surface area contributed by atoms with E-state index in [0.717, 1.165) is 17.7 Å². The van der Waals surface area contributed by atoms with Gasteiger partial charge in [-0.05, 0) is 43.7 Å². The molecule has 0 radical (unpaired) electrons. The maximum absolute atomic E-state index is 14.3. The van der Waals surface area contributed by atoms with E-state index in [1.54, 1.807) is 38.1 Å². The summed E-state index contributed by atoms with van der Waals surface area (Å²) in [6, 6.07) is 10.2. The Morgan fingerprint density at radius 1 is 1.29 bits per heavy atom. The van der Waals surface area contributed by atoms with Crippen LogP contribution in [-0.4, -0.2) is 23.4 Å². The maximum atomic E-state index is 14.3. The van der Waals surface area contributed by atoms with Crippen LogP contribution in [0.1, 0.15) is 24.8 Å². The number of thioether (sulfide) groups is 1. The summed E-state index contributed by atoms with van der Waals surface area (Å²) in [6.45, 7) is 3.48. The van der Waals surface area contributed by atoms with Crippen molar-refractivity contribution in [1.82, 2.24) is 0 Å². The molecule has 148 valence electrons. The number of amides is 2. The molecule has 1 heterocycles. The zero-order chi connectivity index (χ0) is 20.5. The number of carbonyl (C=O) groups is 2. The summed E-state index contributed by atoms with van der Waals surface area (Å²) < 4.78 is 27.5. The molecule has 0 bridgehead atoms. The van der Waals surface area contributed by atoms with Crippen LogP contribution in [0.25, 0.3) is 0 Å². The van der Waals surface area contributed by atoms with E-state index >= 15 is 0 Å². The minimum absolute atomic E-state index is 0.0270. The van der Waals surface area contributed by atoms with E-state index in [1.807, 2.05) is 0 Å². The Hall–Kier alpha value is -2.12. The van der Waals surface area contributed by atoms with Crippen molar-refractivity contribution < 1.29 is 18.4 Å². The molecule has 2 amide bonds. The van der Waals surface area contributed by atoms with Crippen LogP contribution < -0.4 is 10.2 Å². The summed E-state index contributed by atoms with van der Waals surface area (Å²) in [5, 5.41) is 2.34. The highest BCUT2D eigenvalue weighted by atomic mass is 35.5. The van der Waals surface area contributed by atoms with Gasteiger partial charge in [-0.3, -0.25) is 14.5 Å². The lowest BCUT2D eigenvalue weighted by Crippen LogP contribution is -2.32. The lowest BCUT2D eigenvalue weighted by molar-refractivity contribution is -0.123. The smallest absolute Gasteiger partial charge is 0.238 e. The number of alkyl halides is 1. The molecule has 28 heavy (non-hydrogen) atoms. The maximum Gasteiger partial charge on any atom is 0.238 e. The van der Waals surface area contributed by atoms with Gasteiger partial charge >= 0.3 is 0 Å². The highest BCUT2D eigenvalue weighted by molar-refractivity contribution is 8.00. The molecule has 0 aliphatic carbocycles. The molecule has 1 saturated heterocycles. The molecule has 0 spiro atoms. The second kappa shape index (κ2) is 8.09. The molecule has 0 saturated carbocycles. The normalized spacial score (nSPS) is 17.1. The zero-order valence-corrected chi connectivity index (χ0v) is 16.9. The second-order valence-electron chi connectivity index (χ2n) is 7.12. The summed E-state index contributed by atoms with van der Waals surface area (Å²) in [5.74, 6) is -1.65. The van der Waals surface area contributed by atoms with Crippen LogP contribution in [0.15, 0.2) is 42.5 Å². The van der Waals surface area contributed by atoms with Gasteiger partial charge in [0.25, 0.3) is 0 Å². The zero-order valence-electron chi connectivity index (χ0n) is 15.3. The number of nitrogens with zero attached hydrogens (tertiary/aromatic N) is 1. The number of benzene rings is 2. The Morgan fingerprint density at radius 3 is 2.71 bits per heavy atom. The van der Waals surface area contributed by atoms with Gasteiger partial charge in [-0.1, -0.05) is 12.1 Å². The van der Waals surface area contributed by atoms with E-state index in [9.17, 15) is 18.4 Å². The Balaban J connectivity index is 1.90. The summed E-state index contributed by atoms with van der Waals surface area (Å²) in [6.07, 6.45) is 0. The Morgan fingerprint density at radius 2 is 2.04 bits per heavy atom. The molecule has 4 nitrogen and oxygen atoms in total. The van der Waals surface area contributed by atoms with Gasteiger partial charge < -0.3 is 5.32 Å². The van der Waals surface area contributed by atoms with Crippen LogP contribution in [0.3, 0.4) is 0 Å². The van der Waals surface area contributed by atoms with E-state index in [4.69, 9.17) is 11.6 Å². The second-order valence-corrected chi connectivity index (χ2v) is 8.46. The van der Waals surface area contributed by atoms with Gasteiger partial charge in [0.05, 0.1) is 16.9 Å². The van der Waals surface area contributed by atoms with Gasteiger partial charge in [0.1, 0.15) is 17.0 Å². The molecule has 2 aromatic carbocycles. The van der Waals surface area contributed by atoms with Crippen LogP contribution in [0.5, 0.6) is 0 Å². The average molecular weight is 425 g/mol. The SMILES string of the molecule is CC(C)(CCl)C(=O)Nc1cccc([C@H]2SCC(=O)N2c2ccc(F)cc2F)c1. The van der Waals surface area contributed by atoms with E-state index in [0.29, 0.717) is 5.69 Å². The van der Waals surface area contributed by atoms with E-state index in [1.165, 1.54) is 22.7 Å². The van der Waals surface area contributed by atoms with E-state index in [-0.39, 0.29) is 29.1 Å². The molecule has 3 rings (SSSR count). The number of rotatable bonds is 5. The fraction of sp³-hybridized carbons (Fsp3) is 0.300. The largest absolute Gasteiger partial charge is 0.326 e. The van der Waals surface area contributed by atoms with Crippen molar-refractivity contribution in [3.8, 4) is 0 Å². The highest BCUT2D eigenvalue weighted by Crippen LogP contribution is 2.43. The van der Waals surface area contributed by atoms with Crippen LogP contribution >= 0.6 is 23.4 Å². The molecule has 1 N–H and O–H groups in total. The summed E-state index contributed by atoms with van der Waals surface area (Å²) >= 11 is 7.19. The predicted molar refractivity (Wildman–Crippen MR) is 109 cm³/mol. The van der Waals surface area contributed by atoms with Gasteiger partial charge in [0.15, 0.2) is 0 Å². The number of hydrogen-bond donors (Lipinski definition) is 1. The lowest BCUT2D eigenvalue weighted by Gasteiger charge is -2.25. The first-order valence-corrected chi connectivity index (χ1v) is 10.2. The molecule has 1 aliphatic rings. The average Bonchev–Trinajstić information content (AvgIpc) is 3.03. The van der Waals surface area contributed by atoms with Gasteiger partial charge in [-0.2, -0.15) is 0 Å². The molecule has 8 heteroatoms. The third kappa shape index (κ3) is 4.15. The number of halogens is 3. The van der Waals surface area contributed by atoms with Crippen LogP contribution in [0, 0.1) is 17.0 Å². The quantitative estimate of drug-likeness (QED) is 0.691. The molecule has 0 unspecified atom stereocenters. The van der Waals surface area contributed by atoms with Crippen molar-refractivity contribution in [3.63, 3.8) is 0 Å². The number of hydrogen-bond acceptors (Lipinski definition) is 3. The third-order valence-corrected chi connectivity index (χ3v) is 6.30. The summed E-state index contributed by atoms with van der Waals surface area (Å²) in [5.41, 5.74) is 0.569. The molecular formula is C20H19ClF2N2O2S. The van der Waals surface area contributed by atoms with Crippen molar-refractivity contribution in [2.45, 2.75) is 19.2 Å². The fourth-order valence-electron chi connectivity index (χ4n) is 2.74. The Kier molecular flexibility index (Phi) is 5.95. The van der Waals surface area contributed by atoms with Crippen LogP contribution in [0.2, 0.25) is 0 Å². The summed E-state index contributed by atoms with van der Waals surface area (Å²) in [4.78, 5) is 26.1. The predicted octanol–water partition coefficient (Wildman–Crippen LogP) is 4.95. The Bertz CT molecular complexity index is 923. The van der Waals surface area contributed by atoms with Crippen molar-refractivity contribution >= 4 is 46.6 Å². The van der Waals surface area contributed by atoms with Gasteiger partial charge in [0.2, 0.25) is 11.8 Å². The van der Waals surface area contributed by atoms with Gasteiger partial charge in [-0.25, -0.2) is 8.78 Å².